The normalized spacial score (nSPS) is 13.9. The summed E-state index contributed by atoms with van der Waals surface area (Å²) >= 11 is 0. The third-order valence-electron chi connectivity index (χ3n) is 4.54. The molecular formula is C23H33NO2. The van der Waals surface area contributed by atoms with Gasteiger partial charge in [0.25, 0.3) is 0 Å². The molecule has 0 saturated carbocycles. The zero-order valence-electron chi connectivity index (χ0n) is 17.1. The van der Waals surface area contributed by atoms with Crippen LogP contribution in [0.15, 0.2) is 48.5 Å². The van der Waals surface area contributed by atoms with E-state index in [1.54, 1.807) is 7.11 Å². The van der Waals surface area contributed by atoms with Crippen LogP contribution in [0.4, 0.5) is 0 Å². The second-order valence-electron chi connectivity index (χ2n) is 8.21. The van der Waals surface area contributed by atoms with Crippen LogP contribution in [0.1, 0.15) is 52.2 Å². The number of ether oxygens (including phenoxy) is 2. The van der Waals surface area contributed by atoms with Gasteiger partial charge in [-0.25, -0.2) is 0 Å². The molecule has 0 bridgehead atoms. The van der Waals surface area contributed by atoms with Crippen molar-refractivity contribution in [1.82, 2.24) is 5.32 Å². The average Bonchev–Trinajstić information content (AvgIpc) is 2.60. The topological polar surface area (TPSA) is 30.5 Å². The fraction of sp³-hybridized carbons (Fsp3) is 0.478. The van der Waals surface area contributed by atoms with Crippen LogP contribution in [0.25, 0.3) is 0 Å². The van der Waals surface area contributed by atoms with Gasteiger partial charge in [-0.1, -0.05) is 43.3 Å². The summed E-state index contributed by atoms with van der Waals surface area (Å²) in [5, 5.41) is 3.76. The Kier molecular flexibility index (Phi) is 6.71. The molecule has 0 radical (unpaired) electrons. The van der Waals surface area contributed by atoms with Crippen molar-refractivity contribution in [3.63, 3.8) is 0 Å². The van der Waals surface area contributed by atoms with E-state index in [1.165, 1.54) is 5.56 Å². The lowest BCUT2D eigenvalue weighted by Gasteiger charge is -2.37. The molecule has 3 heteroatoms. The number of hydrogen-bond donors (Lipinski definition) is 1. The number of benzene rings is 2. The predicted octanol–water partition coefficient (Wildman–Crippen LogP) is 5.37. The van der Waals surface area contributed by atoms with Gasteiger partial charge >= 0.3 is 0 Å². The molecule has 2 aromatic rings. The predicted molar refractivity (Wildman–Crippen MR) is 109 cm³/mol. The van der Waals surface area contributed by atoms with E-state index in [-0.39, 0.29) is 11.1 Å². The summed E-state index contributed by atoms with van der Waals surface area (Å²) in [5.41, 5.74) is 2.43. The summed E-state index contributed by atoms with van der Waals surface area (Å²) < 4.78 is 11.6. The minimum absolute atomic E-state index is 0.0118. The van der Waals surface area contributed by atoms with Gasteiger partial charge in [0.1, 0.15) is 18.1 Å². The lowest BCUT2D eigenvalue weighted by atomic mass is 9.87. The molecular weight excluding hydrogens is 322 g/mol. The van der Waals surface area contributed by atoms with Crippen LogP contribution in [-0.2, 0) is 13.0 Å². The van der Waals surface area contributed by atoms with Crippen molar-refractivity contribution in [2.75, 3.05) is 7.11 Å². The number of hydrogen-bond acceptors (Lipinski definition) is 3. The Balaban J connectivity index is 2.12. The maximum Gasteiger partial charge on any atom is 0.125 e. The van der Waals surface area contributed by atoms with Gasteiger partial charge in [0.15, 0.2) is 0 Å². The third-order valence-corrected chi connectivity index (χ3v) is 4.54. The van der Waals surface area contributed by atoms with E-state index in [0.717, 1.165) is 29.9 Å². The van der Waals surface area contributed by atoms with Crippen LogP contribution in [0.5, 0.6) is 11.5 Å². The molecule has 1 unspecified atom stereocenters. The molecule has 2 rings (SSSR count). The van der Waals surface area contributed by atoms with Crippen LogP contribution in [-0.4, -0.2) is 18.2 Å². The second-order valence-corrected chi connectivity index (χ2v) is 8.21. The van der Waals surface area contributed by atoms with Crippen molar-refractivity contribution in [1.29, 1.82) is 0 Å². The molecule has 0 heterocycles. The van der Waals surface area contributed by atoms with Gasteiger partial charge in [-0.3, -0.25) is 0 Å². The number of rotatable bonds is 8. The second kappa shape index (κ2) is 8.59. The molecule has 0 aromatic heterocycles. The lowest BCUT2D eigenvalue weighted by Crippen LogP contribution is -2.53. The Morgan fingerprint density at radius 3 is 2.23 bits per heavy atom. The highest BCUT2D eigenvalue weighted by molar-refractivity contribution is 5.41. The highest BCUT2D eigenvalue weighted by Gasteiger charge is 2.28. The van der Waals surface area contributed by atoms with Crippen molar-refractivity contribution in [2.45, 2.75) is 65.1 Å². The molecule has 0 saturated heterocycles. The van der Waals surface area contributed by atoms with Gasteiger partial charge in [0, 0.05) is 17.1 Å². The van der Waals surface area contributed by atoms with E-state index >= 15 is 0 Å². The van der Waals surface area contributed by atoms with Crippen LogP contribution in [0, 0.1) is 0 Å². The number of methoxy groups -OCH3 is 1. The maximum absolute atomic E-state index is 5.93. The highest BCUT2D eigenvalue weighted by atomic mass is 16.5. The third kappa shape index (κ3) is 6.06. The molecule has 1 N–H and O–H groups in total. The van der Waals surface area contributed by atoms with Crippen LogP contribution in [0.2, 0.25) is 0 Å². The summed E-state index contributed by atoms with van der Waals surface area (Å²) in [6.07, 6.45) is 1.95. The molecule has 0 aliphatic rings. The Labute approximate surface area is 158 Å². The molecule has 1 atom stereocenters. The van der Waals surface area contributed by atoms with Crippen LogP contribution >= 0.6 is 0 Å². The highest BCUT2D eigenvalue weighted by Crippen LogP contribution is 2.30. The molecule has 0 aliphatic carbocycles. The summed E-state index contributed by atoms with van der Waals surface area (Å²) in [7, 11) is 1.72. The van der Waals surface area contributed by atoms with Crippen LogP contribution in [0.3, 0.4) is 0 Å². The van der Waals surface area contributed by atoms with Crippen molar-refractivity contribution in [3.05, 3.63) is 59.7 Å². The molecule has 2 aromatic carbocycles. The van der Waals surface area contributed by atoms with Crippen molar-refractivity contribution < 1.29 is 9.47 Å². The number of nitrogens with one attached hydrogen (secondary N) is 1. The Bertz CT molecular complexity index is 691. The van der Waals surface area contributed by atoms with Gasteiger partial charge in [-0.05, 0) is 57.7 Å². The quantitative estimate of drug-likeness (QED) is 0.690. The van der Waals surface area contributed by atoms with E-state index in [1.807, 2.05) is 30.3 Å². The van der Waals surface area contributed by atoms with E-state index in [0.29, 0.717) is 6.61 Å². The standard InChI is InChI=1S/C23H33NO2/c1-7-23(5,24-22(2,3)4)16-19-13-14-20(15-21(19)25-6)26-17-18-11-9-8-10-12-18/h8-15,24H,7,16-17H2,1-6H3. The lowest BCUT2D eigenvalue weighted by molar-refractivity contribution is 0.250. The van der Waals surface area contributed by atoms with E-state index in [4.69, 9.17) is 9.47 Å². The fourth-order valence-electron chi connectivity index (χ4n) is 3.28. The molecule has 0 aliphatic heterocycles. The van der Waals surface area contributed by atoms with Gasteiger partial charge in [-0.2, -0.15) is 0 Å². The minimum Gasteiger partial charge on any atom is -0.496 e. The fourth-order valence-corrected chi connectivity index (χ4v) is 3.28. The Hall–Kier alpha value is -2.00. The van der Waals surface area contributed by atoms with Gasteiger partial charge in [-0.15, -0.1) is 0 Å². The van der Waals surface area contributed by atoms with Gasteiger partial charge in [0.05, 0.1) is 7.11 Å². The molecule has 0 amide bonds. The maximum atomic E-state index is 5.93. The van der Waals surface area contributed by atoms with E-state index in [9.17, 15) is 0 Å². The Morgan fingerprint density at radius 1 is 0.962 bits per heavy atom. The first-order valence-corrected chi connectivity index (χ1v) is 9.38. The monoisotopic (exact) mass is 355 g/mol. The largest absolute Gasteiger partial charge is 0.496 e. The van der Waals surface area contributed by atoms with Gasteiger partial charge < -0.3 is 14.8 Å². The molecule has 142 valence electrons. The summed E-state index contributed by atoms with van der Waals surface area (Å²) in [6, 6.07) is 16.3. The summed E-state index contributed by atoms with van der Waals surface area (Å²) in [5.74, 6) is 1.71. The zero-order chi connectivity index (χ0) is 19.2. The van der Waals surface area contributed by atoms with Gasteiger partial charge in [0.2, 0.25) is 0 Å². The van der Waals surface area contributed by atoms with Crippen molar-refractivity contribution in [2.24, 2.45) is 0 Å². The minimum atomic E-state index is 0.0118. The summed E-state index contributed by atoms with van der Waals surface area (Å²) in [4.78, 5) is 0. The summed E-state index contributed by atoms with van der Waals surface area (Å²) in [6.45, 7) is 11.7. The molecule has 26 heavy (non-hydrogen) atoms. The molecule has 0 spiro atoms. The van der Waals surface area contributed by atoms with Crippen molar-refractivity contribution >= 4 is 0 Å². The average molecular weight is 356 g/mol. The molecule has 0 fully saturated rings. The van der Waals surface area contributed by atoms with Crippen LogP contribution < -0.4 is 14.8 Å². The van der Waals surface area contributed by atoms with E-state index < -0.39 is 0 Å². The first kappa shape index (κ1) is 20.3. The first-order chi connectivity index (χ1) is 12.2. The Morgan fingerprint density at radius 2 is 1.65 bits per heavy atom. The van der Waals surface area contributed by atoms with E-state index in [2.05, 4.69) is 58.1 Å². The molecule has 3 nitrogen and oxygen atoms in total. The SMILES string of the molecule is CCC(C)(Cc1ccc(OCc2ccccc2)cc1OC)NC(C)(C)C. The van der Waals surface area contributed by atoms with Crippen molar-refractivity contribution in [3.8, 4) is 11.5 Å². The first-order valence-electron chi connectivity index (χ1n) is 9.38. The zero-order valence-corrected chi connectivity index (χ0v) is 17.1. The smallest absolute Gasteiger partial charge is 0.125 e.